The Morgan fingerprint density at radius 1 is 0.941 bits per heavy atom. The lowest BCUT2D eigenvalue weighted by Crippen LogP contribution is -2.50. The van der Waals surface area contributed by atoms with Gasteiger partial charge in [-0.2, -0.15) is 0 Å². The second kappa shape index (κ2) is 13.6. The molecule has 0 radical (unpaired) electrons. The molecule has 0 fully saturated rings. The topological polar surface area (TPSA) is 49.4 Å². The van der Waals surface area contributed by atoms with Crippen LogP contribution in [0.15, 0.2) is 89.8 Å². The first-order valence-corrected chi connectivity index (χ1v) is 12.6. The molecule has 0 aliphatic heterocycles. The number of hydrogen-bond acceptors (Lipinski definition) is 3. The fourth-order valence-electron chi connectivity index (χ4n) is 3.65. The third kappa shape index (κ3) is 7.73. The van der Waals surface area contributed by atoms with Gasteiger partial charge in [0.05, 0.1) is 0 Å². The van der Waals surface area contributed by atoms with Crippen molar-refractivity contribution < 1.29 is 14.0 Å². The van der Waals surface area contributed by atoms with Gasteiger partial charge < -0.3 is 10.2 Å². The van der Waals surface area contributed by atoms with Crippen molar-refractivity contribution >= 4 is 23.6 Å². The van der Waals surface area contributed by atoms with E-state index >= 15 is 0 Å². The number of carbonyl (C=O) groups excluding carboxylic acids is 2. The molecule has 4 nitrogen and oxygen atoms in total. The van der Waals surface area contributed by atoms with Gasteiger partial charge in [-0.05, 0) is 30.2 Å². The van der Waals surface area contributed by atoms with E-state index in [1.165, 1.54) is 6.07 Å². The van der Waals surface area contributed by atoms with Crippen LogP contribution in [-0.4, -0.2) is 35.1 Å². The maximum Gasteiger partial charge on any atom is 0.243 e. The first kappa shape index (κ1) is 25.5. The van der Waals surface area contributed by atoms with Gasteiger partial charge in [-0.15, -0.1) is 11.8 Å². The average Bonchev–Trinajstić information content (AvgIpc) is 2.87. The lowest BCUT2D eigenvalue weighted by atomic mass is 10.0. The zero-order chi connectivity index (χ0) is 24.2. The molecule has 0 unspecified atom stereocenters. The molecule has 1 atom stereocenters. The normalized spacial score (nSPS) is 11.6. The van der Waals surface area contributed by atoms with E-state index in [1.54, 1.807) is 34.9 Å². The van der Waals surface area contributed by atoms with Crippen LogP contribution in [0.1, 0.15) is 30.9 Å². The lowest BCUT2D eigenvalue weighted by Gasteiger charge is -2.31. The predicted octanol–water partition coefficient (Wildman–Crippen LogP) is 5.47. The summed E-state index contributed by atoms with van der Waals surface area (Å²) in [5, 5.41) is 2.94. The van der Waals surface area contributed by atoms with Crippen molar-refractivity contribution in [2.45, 2.75) is 43.7 Å². The van der Waals surface area contributed by atoms with Crippen LogP contribution in [0.2, 0.25) is 0 Å². The second-order valence-corrected chi connectivity index (χ2v) is 9.19. The van der Waals surface area contributed by atoms with Crippen LogP contribution >= 0.6 is 11.8 Å². The van der Waals surface area contributed by atoms with E-state index in [0.29, 0.717) is 24.3 Å². The fourth-order valence-corrected chi connectivity index (χ4v) is 4.51. The van der Waals surface area contributed by atoms with Gasteiger partial charge in [0.15, 0.2) is 0 Å². The van der Waals surface area contributed by atoms with E-state index in [1.807, 2.05) is 67.6 Å². The van der Waals surface area contributed by atoms with Crippen LogP contribution in [0.3, 0.4) is 0 Å². The van der Waals surface area contributed by atoms with Gasteiger partial charge in [0.2, 0.25) is 11.8 Å². The number of hydrogen-bond donors (Lipinski definition) is 1. The SMILES string of the molecule is CCCNC(=O)[C@H](Cc1ccccc1)N(Cc1ccccc1F)C(=O)CCSc1ccccc1. The van der Waals surface area contributed by atoms with E-state index in [4.69, 9.17) is 0 Å². The quantitative estimate of drug-likeness (QED) is 0.351. The summed E-state index contributed by atoms with van der Waals surface area (Å²) in [7, 11) is 0. The molecule has 0 aromatic heterocycles. The Hall–Kier alpha value is -3.12. The molecule has 0 bridgehead atoms. The third-order valence-electron chi connectivity index (χ3n) is 5.45. The van der Waals surface area contributed by atoms with Gasteiger partial charge in [-0.1, -0.05) is 73.7 Å². The van der Waals surface area contributed by atoms with Crippen molar-refractivity contribution in [1.82, 2.24) is 10.2 Å². The molecular weight excluding hydrogens is 447 g/mol. The van der Waals surface area contributed by atoms with Gasteiger partial charge in [-0.25, -0.2) is 4.39 Å². The molecule has 178 valence electrons. The molecule has 34 heavy (non-hydrogen) atoms. The number of carbonyl (C=O) groups is 2. The zero-order valence-corrected chi connectivity index (χ0v) is 20.3. The number of thioether (sulfide) groups is 1. The monoisotopic (exact) mass is 478 g/mol. The summed E-state index contributed by atoms with van der Waals surface area (Å²) in [5.41, 5.74) is 1.34. The Kier molecular flexibility index (Phi) is 10.2. The van der Waals surface area contributed by atoms with Gasteiger partial charge in [-0.3, -0.25) is 9.59 Å². The Morgan fingerprint density at radius 2 is 1.59 bits per heavy atom. The van der Waals surface area contributed by atoms with E-state index < -0.39 is 6.04 Å². The van der Waals surface area contributed by atoms with Crippen molar-refractivity contribution in [2.75, 3.05) is 12.3 Å². The molecule has 2 amide bonds. The number of halogens is 1. The molecule has 6 heteroatoms. The summed E-state index contributed by atoms with van der Waals surface area (Å²) in [4.78, 5) is 29.3. The minimum absolute atomic E-state index is 0.0402. The largest absolute Gasteiger partial charge is 0.354 e. The van der Waals surface area contributed by atoms with Crippen LogP contribution in [0.5, 0.6) is 0 Å². The van der Waals surface area contributed by atoms with Gasteiger partial charge >= 0.3 is 0 Å². The minimum Gasteiger partial charge on any atom is -0.354 e. The molecule has 3 aromatic rings. The number of nitrogens with one attached hydrogen (secondary N) is 1. The second-order valence-electron chi connectivity index (χ2n) is 8.02. The van der Waals surface area contributed by atoms with Crippen molar-refractivity contribution in [3.63, 3.8) is 0 Å². The first-order valence-electron chi connectivity index (χ1n) is 11.6. The molecule has 3 aromatic carbocycles. The maximum atomic E-state index is 14.5. The molecule has 0 aliphatic rings. The van der Waals surface area contributed by atoms with Crippen LogP contribution in [-0.2, 0) is 22.6 Å². The number of nitrogens with zero attached hydrogens (tertiary/aromatic N) is 1. The molecule has 0 aliphatic carbocycles. The highest BCUT2D eigenvalue weighted by atomic mass is 32.2. The van der Waals surface area contributed by atoms with E-state index in [9.17, 15) is 14.0 Å². The standard InChI is InChI=1S/C28H31FN2O2S/c1-2-18-30-28(33)26(20-22-11-5-3-6-12-22)31(21-23-13-9-10-16-25(23)29)27(32)17-19-34-24-14-7-4-8-15-24/h3-16,26H,2,17-21H2,1H3,(H,30,33)/t26-/m0/s1. The third-order valence-corrected chi connectivity index (χ3v) is 6.46. The summed E-state index contributed by atoms with van der Waals surface area (Å²) in [6, 6.07) is 25.2. The summed E-state index contributed by atoms with van der Waals surface area (Å²) >= 11 is 1.59. The highest BCUT2D eigenvalue weighted by Crippen LogP contribution is 2.21. The van der Waals surface area contributed by atoms with Crippen molar-refractivity contribution in [1.29, 1.82) is 0 Å². The minimum atomic E-state index is -0.734. The smallest absolute Gasteiger partial charge is 0.243 e. The highest BCUT2D eigenvalue weighted by Gasteiger charge is 2.30. The average molecular weight is 479 g/mol. The van der Waals surface area contributed by atoms with Gasteiger partial charge in [0.25, 0.3) is 0 Å². The van der Waals surface area contributed by atoms with Crippen molar-refractivity contribution in [2.24, 2.45) is 0 Å². The van der Waals surface area contributed by atoms with Crippen molar-refractivity contribution in [3.05, 3.63) is 102 Å². The van der Waals surface area contributed by atoms with Crippen LogP contribution in [0.25, 0.3) is 0 Å². The molecule has 0 saturated carbocycles. The first-order chi connectivity index (χ1) is 16.6. The van der Waals surface area contributed by atoms with Crippen LogP contribution in [0.4, 0.5) is 4.39 Å². The molecule has 1 N–H and O–H groups in total. The number of benzene rings is 3. The summed E-state index contributed by atoms with van der Waals surface area (Å²) in [6.07, 6.45) is 1.40. The molecule has 0 saturated heterocycles. The maximum absolute atomic E-state index is 14.5. The Bertz CT molecular complexity index is 1050. The summed E-state index contributed by atoms with van der Waals surface area (Å²) < 4.78 is 14.5. The summed E-state index contributed by atoms with van der Waals surface area (Å²) in [6.45, 7) is 2.55. The van der Waals surface area contributed by atoms with E-state index in [-0.39, 0.29) is 30.6 Å². The van der Waals surface area contributed by atoms with E-state index in [2.05, 4.69) is 5.32 Å². The molecular formula is C28H31FN2O2S. The molecule has 0 spiro atoms. The van der Waals surface area contributed by atoms with Crippen LogP contribution in [0, 0.1) is 5.82 Å². The highest BCUT2D eigenvalue weighted by molar-refractivity contribution is 7.99. The van der Waals surface area contributed by atoms with Crippen LogP contribution < -0.4 is 5.32 Å². The van der Waals surface area contributed by atoms with E-state index in [0.717, 1.165) is 16.9 Å². The Balaban J connectivity index is 1.84. The molecule has 3 rings (SSSR count). The fraction of sp³-hybridized carbons (Fsp3) is 0.286. The lowest BCUT2D eigenvalue weighted by molar-refractivity contribution is -0.141. The predicted molar refractivity (Wildman–Crippen MR) is 136 cm³/mol. The zero-order valence-electron chi connectivity index (χ0n) is 19.5. The molecule has 0 heterocycles. The Morgan fingerprint density at radius 3 is 2.26 bits per heavy atom. The number of rotatable bonds is 12. The number of amides is 2. The van der Waals surface area contributed by atoms with Gasteiger partial charge in [0, 0.05) is 42.1 Å². The summed E-state index contributed by atoms with van der Waals surface area (Å²) in [5.74, 6) is -0.192. The van der Waals surface area contributed by atoms with Gasteiger partial charge in [0.1, 0.15) is 11.9 Å². The van der Waals surface area contributed by atoms with Crippen molar-refractivity contribution in [3.8, 4) is 0 Å². The Labute approximate surface area is 205 Å².